The predicted molar refractivity (Wildman–Crippen MR) is 84.5 cm³/mol. The first kappa shape index (κ1) is 20.3. The molecular weight excluding hydrogens is 270 g/mol. The molecule has 126 valence electrons. The van der Waals surface area contributed by atoms with Gasteiger partial charge in [-0.25, -0.2) is 0 Å². The molecule has 0 aromatic heterocycles. The minimum Gasteiger partial charge on any atom is -0.468 e. The van der Waals surface area contributed by atoms with Gasteiger partial charge >= 0.3 is 5.97 Å². The van der Waals surface area contributed by atoms with Gasteiger partial charge in [-0.05, 0) is 53.9 Å². The van der Waals surface area contributed by atoms with Gasteiger partial charge in [-0.2, -0.15) is 0 Å². The van der Waals surface area contributed by atoms with E-state index in [2.05, 4.69) is 5.32 Å². The molecule has 0 heterocycles. The van der Waals surface area contributed by atoms with Crippen LogP contribution in [0.15, 0.2) is 0 Å². The average Bonchev–Trinajstić information content (AvgIpc) is 2.42. The smallest absolute Gasteiger partial charge is 0.325 e. The van der Waals surface area contributed by atoms with E-state index in [0.717, 1.165) is 19.3 Å². The van der Waals surface area contributed by atoms with E-state index in [1.54, 1.807) is 0 Å². The minimum atomic E-state index is -0.625. The molecule has 0 aromatic rings. The third kappa shape index (κ3) is 9.06. The van der Waals surface area contributed by atoms with Crippen LogP contribution >= 0.6 is 0 Å². The minimum absolute atomic E-state index is 0.116. The molecule has 0 saturated carbocycles. The second-order valence-electron chi connectivity index (χ2n) is 5.92. The molecule has 0 aromatic carbocycles. The van der Waals surface area contributed by atoms with Gasteiger partial charge in [0.25, 0.3) is 0 Å². The second-order valence-corrected chi connectivity index (χ2v) is 5.92. The molecule has 0 aliphatic carbocycles. The number of unbranched alkanes of at least 4 members (excludes halogenated alkanes) is 1. The zero-order chi connectivity index (χ0) is 16.3. The summed E-state index contributed by atoms with van der Waals surface area (Å²) in [6.07, 6.45) is 2.68. The fourth-order valence-corrected chi connectivity index (χ4v) is 2.29. The number of carbonyl (C=O) groups excluding carboxylic acids is 1. The van der Waals surface area contributed by atoms with Crippen LogP contribution in [0.2, 0.25) is 0 Å². The van der Waals surface area contributed by atoms with Crippen molar-refractivity contribution in [3.63, 3.8) is 0 Å². The molecule has 21 heavy (non-hydrogen) atoms. The molecule has 2 atom stereocenters. The maximum absolute atomic E-state index is 11.9. The summed E-state index contributed by atoms with van der Waals surface area (Å²) in [5, 5.41) is 3.30. The summed E-state index contributed by atoms with van der Waals surface area (Å²) in [6, 6.07) is 0.233. The fraction of sp³-hybridized carbons (Fsp3) is 0.938. The van der Waals surface area contributed by atoms with Crippen molar-refractivity contribution in [1.82, 2.24) is 5.32 Å². The molecule has 0 rings (SSSR count). The van der Waals surface area contributed by atoms with E-state index in [4.69, 9.17) is 14.2 Å². The molecule has 0 spiro atoms. The quantitative estimate of drug-likeness (QED) is 0.443. The maximum Gasteiger partial charge on any atom is 0.325 e. The molecule has 0 saturated heterocycles. The molecule has 5 heteroatoms. The Morgan fingerprint density at radius 2 is 1.90 bits per heavy atom. The lowest BCUT2D eigenvalue weighted by atomic mass is 9.94. The molecule has 0 fully saturated rings. The second kappa shape index (κ2) is 11.0. The van der Waals surface area contributed by atoms with Crippen LogP contribution in [0.5, 0.6) is 0 Å². The highest BCUT2D eigenvalue weighted by molar-refractivity contribution is 5.80. The molecule has 0 radical (unpaired) electrons. The zero-order valence-corrected chi connectivity index (χ0v) is 14.5. The van der Waals surface area contributed by atoms with Gasteiger partial charge in [-0.15, -0.1) is 0 Å². The SMILES string of the molecule is CCOCC(C)OCCCCC(C)(NC(C)C)C(=O)OC. The van der Waals surface area contributed by atoms with E-state index in [9.17, 15) is 4.79 Å². The highest BCUT2D eigenvalue weighted by atomic mass is 16.5. The first-order chi connectivity index (χ1) is 9.85. The summed E-state index contributed by atoms with van der Waals surface area (Å²) >= 11 is 0. The maximum atomic E-state index is 11.9. The number of ether oxygens (including phenoxy) is 3. The summed E-state index contributed by atoms with van der Waals surface area (Å²) in [7, 11) is 1.43. The lowest BCUT2D eigenvalue weighted by Crippen LogP contribution is -2.52. The Bertz CT molecular complexity index is 283. The van der Waals surface area contributed by atoms with Crippen molar-refractivity contribution in [1.29, 1.82) is 0 Å². The predicted octanol–water partition coefficient (Wildman–Crippen LogP) is 2.53. The van der Waals surface area contributed by atoms with Crippen LogP contribution in [0.25, 0.3) is 0 Å². The monoisotopic (exact) mass is 303 g/mol. The van der Waals surface area contributed by atoms with E-state index >= 15 is 0 Å². The number of hydrogen-bond acceptors (Lipinski definition) is 5. The van der Waals surface area contributed by atoms with Gasteiger partial charge in [0, 0.05) is 19.3 Å². The largest absolute Gasteiger partial charge is 0.468 e. The molecule has 1 N–H and O–H groups in total. The van der Waals surface area contributed by atoms with Crippen molar-refractivity contribution in [2.45, 2.75) is 71.6 Å². The molecule has 5 nitrogen and oxygen atoms in total. The number of nitrogens with one attached hydrogen (secondary N) is 1. The Kier molecular flexibility index (Phi) is 10.6. The highest BCUT2D eigenvalue weighted by Gasteiger charge is 2.33. The van der Waals surface area contributed by atoms with E-state index in [1.807, 2.05) is 34.6 Å². The lowest BCUT2D eigenvalue weighted by Gasteiger charge is -2.30. The number of hydrogen-bond donors (Lipinski definition) is 1. The third-order valence-electron chi connectivity index (χ3n) is 3.27. The van der Waals surface area contributed by atoms with Crippen LogP contribution in [0.1, 0.15) is 53.9 Å². The van der Waals surface area contributed by atoms with E-state index < -0.39 is 5.54 Å². The van der Waals surface area contributed by atoms with Crippen molar-refractivity contribution in [3.05, 3.63) is 0 Å². The lowest BCUT2D eigenvalue weighted by molar-refractivity contribution is -0.148. The van der Waals surface area contributed by atoms with Crippen LogP contribution in [-0.4, -0.2) is 50.6 Å². The topological polar surface area (TPSA) is 56.8 Å². The zero-order valence-electron chi connectivity index (χ0n) is 14.5. The van der Waals surface area contributed by atoms with Crippen LogP contribution in [0.3, 0.4) is 0 Å². The molecule has 0 aliphatic rings. The van der Waals surface area contributed by atoms with Gasteiger partial charge in [0.15, 0.2) is 0 Å². The first-order valence-electron chi connectivity index (χ1n) is 7.91. The summed E-state index contributed by atoms with van der Waals surface area (Å²) in [5.74, 6) is -0.207. The summed E-state index contributed by atoms with van der Waals surface area (Å²) < 4.78 is 15.9. The Morgan fingerprint density at radius 1 is 1.24 bits per heavy atom. The van der Waals surface area contributed by atoms with Gasteiger partial charge in [0.2, 0.25) is 0 Å². The standard InChI is InChI=1S/C16H33NO4/c1-7-20-12-14(4)21-11-9-8-10-16(5,15(18)19-6)17-13(2)3/h13-14,17H,7-12H2,1-6H3. The molecular formula is C16H33NO4. The van der Waals surface area contributed by atoms with Crippen LogP contribution < -0.4 is 5.32 Å². The number of esters is 1. The Labute approximate surface area is 129 Å². The normalized spacial score (nSPS) is 15.8. The van der Waals surface area contributed by atoms with Crippen molar-refractivity contribution in [2.24, 2.45) is 0 Å². The van der Waals surface area contributed by atoms with Gasteiger partial charge in [-0.3, -0.25) is 10.1 Å². The molecule has 0 aliphatic heterocycles. The third-order valence-corrected chi connectivity index (χ3v) is 3.27. The van der Waals surface area contributed by atoms with Crippen LogP contribution in [0.4, 0.5) is 0 Å². The summed E-state index contributed by atoms with van der Waals surface area (Å²) in [6.45, 7) is 12.0. The Balaban J connectivity index is 4.01. The molecule has 0 amide bonds. The van der Waals surface area contributed by atoms with E-state index in [1.165, 1.54) is 7.11 Å². The van der Waals surface area contributed by atoms with Gasteiger partial charge in [-0.1, -0.05) is 0 Å². The van der Waals surface area contributed by atoms with Crippen molar-refractivity contribution in [3.8, 4) is 0 Å². The number of carbonyl (C=O) groups is 1. The first-order valence-corrected chi connectivity index (χ1v) is 7.91. The van der Waals surface area contributed by atoms with Crippen LogP contribution in [0, 0.1) is 0 Å². The molecule has 2 unspecified atom stereocenters. The van der Waals surface area contributed by atoms with E-state index in [0.29, 0.717) is 19.8 Å². The van der Waals surface area contributed by atoms with Gasteiger partial charge < -0.3 is 14.2 Å². The highest BCUT2D eigenvalue weighted by Crippen LogP contribution is 2.17. The summed E-state index contributed by atoms with van der Waals surface area (Å²) in [5.41, 5.74) is -0.625. The van der Waals surface area contributed by atoms with Crippen LogP contribution in [-0.2, 0) is 19.0 Å². The molecule has 0 bridgehead atoms. The number of methoxy groups -OCH3 is 1. The summed E-state index contributed by atoms with van der Waals surface area (Å²) in [4.78, 5) is 11.9. The number of rotatable bonds is 12. The Hall–Kier alpha value is -0.650. The average molecular weight is 303 g/mol. The Morgan fingerprint density at radius 3 is 2.43 bits per heavy atom. The fourth-order valence-electron chi connectivity index (χ4n) is 2.29. The van der Waals surface area contributed by atoms with Crippen molar-refractivity contribution >= 4 is 5.97 Å². The van der Waals surface area contributed by atoms with E-state index in [-0.39, 0.29) is 18.1 Å². The van der Waals surface area contributed by atoms with Gasteiger partial charge in [0.05, 0.1) is 19.8 Å². The van der Waals surface area contributed by atoms with Crippen molar-refractivity contribution < 1.29 is 19.0 Å². The van der Waals surface area contributed by atoms with Gasteiger partial charge in [0.1, 0.15) is 5.54 Å². The van der Waals surface area contributed by atoms with Crippen molar-refractivity contribution in [2.75, 3.05) is 26.9 Å².